The van der Waals surface area contributed by atoms with Crippen molar-refractivity contribution in [1.29, 1.82) is 0 Å². The molecule has 5 aromatic heterocycles. The highest BCUT2D eigenvalue weighted by molar-refractivity contribution is 5.95. The highest BCUT2D eigenvalue weighted by atomic mass is 19.1. The fraction of sp³-hybridized carbons (Fsp3) is 0.0417. The lowest BCUT2D eigenvalue weighted by Gasteiger charge is -2.03. The number of fused-ring (bicyclic) bond motifs is 2. The second kappa shape index (κ2) is 7.05. The topological polar surface area (TPSA) is 96.0 Å². The van der Waals surface area contributed by atoms with Crippen LogP contribution >= 0.6 is 0 Å². The fourth-order valence-electron chi connectivity index (χ4n) is 3.87. The zero-order valence-electron chi connectivity index (χ0n) is 17.0. The third-order valence-electron chi connectivity index (χ3n) is 5.31. The molecule has 0 unspecified atom stereocenters. The van der Waals surface area contributed by atoms with Gasteiger partial charge in [-0.15, -0.1) is 0 Å². The Morgan fingerprint density at radius 1 is 0.844 bits per heavy atom. The van der Waals surface area contributed by atoms with E-state index in [4.69, 9.17) is 9.97 Å². The number of nitrogens with zero attached hydrogens (tertiary/aromatic N) is 5. The lowest BCUT2D eigenvalue weighted by Crippen LogP contribution is -1.89. The van der Waals surface area contributed by atoms with Gasteiger partial charge in [0.25, 0.3) is 0 Å². The van der Waals surface area contributed by atoms with Gasteiger partial charge in [-0.05, 0) is 61.0 Å². The normalized spacial score (nSPS) is 11.4. The Morgan fingerprint density at radius 2 is 1.75 bits per heavy atom. The van der Waals surface area contributed by atoms with Crippen LogP contribution < -0.4 is 0 Å². The third kappa shape index (κ3) is 3.01. The highest BCUT2D eigenvalue weighted by Gasteiger charge is 2.17. The molecule has 0 saturated carbocycles. The third-order valence-corrected chi connectivity index (χ3v) is 5.31. The number of aryl methyl sites for hydroxylation is 1. The molecule has 0 radical (unpaired) electrons. The van der Waals surface area contributed by atoms with Crippen molar-refractivity contribution in [2.45, 2.75) is 6.92 Å². The van der Waals surface area contributed by atoms with E-state index in [0.717, 1.165) is 27.9 Å². The molecule has 0 bridgehead atoms. The van der Waals surface area contributed by atoms with Gasteiger partial charge in [0.05, 0.1) is 22.4 Å². The van der Waals surface area contributed by atoms with Gasteiger partial charge in [0.15, 0.2) is 11.5 Å². The van der Waals surface area contributed by atoms with Gasteiger partial charge in [-0.3, -0.25) is 15.1 Å². The summed E-state index contributed by atoms with van der Waals surface area (Å²) in [4.78, 5) is 21.5. The highest BCUT2D eigenvalue weighted by Crippen LogP contribution is 2.31. The van der Waals surface area contributed by atoms with E-state index in [2.05, 4.69) is 25.1 Å². The van der Waals surface area contributed by atoms with Crippen molar-refractivity contribution in [3.63, 3.8) is 0 Å². The number of H-pyrrole nitrogens is 2. The molecule has 2 N–H and O–H groups in total. The molecule has 6 aromatic rings. The van der Waals surface area contributed by atoms with E-state index in [0.29, 0.717) is 33.8 Å². The molecule has 5 heterocycles. The van der Waals surface area contributed by atoms with Crippen molar-refractivity contribution in [2.24, 2.45) is 0 Å². The number of rotatable bonds is 3. The van der Waals surface area contributed by atoms with Crippen LogP contribution in [0.3, 0.4) is 0 Å². The van der Waals surface area contributed by atoms with Crippen molar-refractivity contribution in [2.75, 3.05) is 0 Å². The van der Waals surface area contributed by atoms with E-state index in [-0.39, 0.29) is 5.82 Å². The van der Waals surface area contributed by atoms with Gasteiger partial charge in [0.2, 0.25) is 0 Å². The summed E-state index contributed by atoms with van der Waals surface area (Å²) in [5, 5.41) is 7.47. The predicted octanol–water partition coefficient (Wildman–Crippen LogP) is 5.07. The Hall–Kier alpha value is -4.46. The maximum Gasteiger partial charge on any atom is 0.161 e. The zero-order chi connectivity index (χ0) is 21.7. The predicted molar refractivity (Wildman–Crippen MR) is 120 cm³/mol. The number of imidazole rings is 1. The van der Waals surface area contributed by atoms with Crippen LogP contribution in [0.25, 0.3) is 56.1 Å². The Morgan fingerprint density at radius 3 is 2.59 bits per heavy atom. The summed E-state index contributed by atoms with van der Waals surface area (Å²) in [7, 11) is 0. The average molecular weight is 421 g/mol. The van der Waals surface area contributed by atoms with E-state index in [1.54, 1.807) is 18.6 Å². The van der Waals surface area contributed by atoms with E-state index in [1.165, 1.54) is 12.1 Å². The molecule has 32 heavy (non-hydrogen) atoms. The van der Waals surface area contributed by atoms with Crippen molar-refractivity contribution in [3.8, 4) is 34.0 Å². The first-order valence-electron chi connectivity index (χ1n) is 10.0. The van der Waals surface area contributed by atoms with Gasteiger partial charge in [0.1, 0.15) is 16.9 Å². The summed E-state index contributed by atoms with van der Waals surface area (Å²) in [5.41, 5.74) is 7.34. The lowest BCUT2D eigenvalue weighted by molar-refractivity contribution is 0.627. The van der Waals surface area contributed by atoms with Crippen LogP contribution in [0, 0.1) is 12.7 Å². The molecular formula is C24H16FN7. The molecule has 6 rings (SSSR count). The van der Waals surface area contributed by atoms with E-state index >= 15 is 0 Å². The fourth-order valence-corrected chi connectivity index (χ4v) is 3.87. The van der Waals surface area contributed by atoms with Crippen LogP contribution in [0.15, 0.2) is 67.1 Å². The number of nitrogens with one attached hydrogen (secondary N) is 2. The number of aromatic amines is 2. The van der Waals surface area contributed by atoms with E-state index in [1.807, 2.05) is 43.3 Å². The van der Waals surface area contributed by atoms with E-state index in [9.17, 15) is 4.39 Å². The van der Waals surface area contributed by atoms with Gasteiger partial charge in [0, 0.05) is 29.7 Å². The molecular weight excluding hydrogens is 405 g/mol. The molecule has 7 nitrogen and oxygen atoms in total. The quantitative estimate of drug-likeness (QED) is 0.416. The molecule has 0 spiro atoms. The molecule has 8 heteroatoms. The summed E-state index contributed by atoms with van der Waals surface area (Å²) in [6.07, 6.45) is 5.18. The number of pyridine rings is 3. The van der Waals surface area contributed by atoms with Gasteiger partial charge < -0.3 is 4.98 Å². The number of benzene rings is 1. The lowest BCUT2D eigenvalue weighted by atomic mass is 10.1. The molecule has 0 aliphatic carbocycles. The van der Waals surface area contributed by atoms with E-state index < -0.39 is 0 Å². The summed E-state index contributed by atoms with van der Waals surface area (Å²) in [5.74, 6) is 0.254. The van der Waals surface area contributed by atoms with Gasteiger partial charge in [-0.1, -0.05) is 0 Å². The smallest absolute Gasteiger partial charge is 0.161 e. The van der Waals surface area contributed by atoms with Gasteiger partial charge in [-0.25, -0.2) is 14.4 Å². The van der Waals surface area contributed by atoms with Gasteiger partial charge in [-0.2, -0.15) is 5.10 Å². The minimum atomic E-state index is -0.306. The molecule has 0 saturated heterocycles. The first kappa shape index (κ1) is 18.3. The minimum absolute atomic E-state index is 0.306. The van der Waals surface area contributed by atoms with Crippen molar-refractivity contribution < 1.29 is 4.39 Å². The first-order chi connectivity index (χ1) is 15.7. The van der Waals surface area contributed by atoms with Crippen molar-refractivity contribution in [1.82, 2.24) is 35.1 Å². The molecule has 0 atom stereocenters. The molecule has 0 aliphatic heterocycles. The van der Waals surface area contributed by atoms with Gasteiger partial charge >= 0.3 is 0 Å². The SMILES string of the molecule is Cc1cc(F)cc(-c2nccc3[nH]c(-c4n[nH]c5ccc(-c6cccnc6)nc45)nc23)c1. The standard InChI is InChI=1S/C24H16FN7/c1-13-9-15(11-16(25)10-13)20-21-18(6-8-27-20)29-24(30-21)23-22-19(31-32-23)5-4-17(28-22)14-3-2-7-26-12-14/h2-12H,1H3,(H,29,30)(H,31,32). The monoisotopic (exact) mass is 421 g/mol. The number of hydrogen-bond acceptors (Lipinski definition) is 5. The largest absolute Gasteiger partial charge is 0.336 e. The second-order valence-corrected chi connectivity index (χ2v) is 7.56. The Labute approximate surface area is 181 Å². The molecule has 154 valence electrons. The molecule has 0 amide bonds. The second-order valence-electron chi connectivity index (χ2n) is 7.56. The van der Waals surface area contributed by atoms with Crippen LogP contribution in [0.2, 0.25) is 0 Å². The molecule has 0 fully saturated rings. The Kier molecular flexibility index (Phi) is 4.04. The number of aromatic nitrogens is 7. The molecule has 0 aliphatic rings. The number of halogens is 1. The average Bonchev–Trinajstić information content (AvgIpc) is 3.42. The first-order valence-corrected chi connectivity index (χ1v) is 10.0. The van der Waals surface area contributed by atoms with Crippen molar-refractivity contribution >= 4 is 22.1 Å². The zero-order valence-corrected chi connectivity index (χ0v) is 17.0. The van der Waals surface area contributed by atoms with Crippen LogP contribution in [0.4, 0.5) is 4.39 Å². The Bertz CT molecular complexity index is 1580. The summed E-state index contributed by atoms with van der Waals surface area (Å²) < 4.78 is 14.0. The van der Waals surface area contributed by atoms with Crippen molar-refractivity contribution in [3.05, 3.63) is 78.5 Å². The molecule has 1 aromatic carbocycles. The number of hydrogen-bond donors (Lipinski definition) is 2. The summed E-state index contributed by atoms with van der Waals surface area (Å²) in [6, 6.07) is 14.4. The maximum atomic E-state index is 14.0. The van der Waals surface area contributed by atoms with Crippen LogP contribution in [0.5, 0.6) is 0 Å². The minimum Gasteiger partial charge on any atom is -0.336 e. The van der Waals surface area contributed by atoms with Crippen LogP contribution in [-0.4, -0.2) is 35.1 Å². The van der Waals surface area contributed by atoms with Crippen LogP contribution in [0.1, 0.15) is 5.56 Å². The maximum absolute atomic E-state index is 14.0. The summed E-state index contributed by atoms with van der Waals surface area (Å²) >= 11 is 0. The van der Waals surface area contributed by atoms with Crippen LogP contribution in [-0.2, 0) is 0 Å². The Balaban J connectivity index is 1.52. The summed E-state index contributed by atoms with van der Waals surface area (Å²) in [6.45, 7) is 1.85.